The number of aromatic amines is 1. The van der Waals surface area contributed by atoms with E-state index in [1.807, 2.05) is 0 Å². The number of imidazole rings is 1. The van der Waals surface area contributed by atoms with Crippen LogP contribution in [0.15, 0.2) is 36.8 Å². The molecule has 0 spiro atoms. The van der Waals surface area contributed by atoms with E-state index >= 15 is 0 Å². The van der Waals surface area contributed by atoms with Gasteiger partial charge in [0.15, 0.2) is 0 Å². The van der Waals surface area contributed by atoms with Gasteiger partial charge >= 0.3 is 5.97 Å². The normalized spacial score (nSPS) is 14.3. The minimum Gasteiger partial charge on any atom is -0.508 e. The number of aliphatic hydroxyl groups excluding tert-OH is 1. The molecular weight excluding hydrogens is 448 g/mol. The molecule has 4 atom stereocenters. The molecule has 9 N–H and O–H groups in total. The number of rotatable bonds is 12. The van der Waals surface area contributed by atoms with Gasteiger partial charge in [0.05, 0.1) is 25.0 Å². The zero-order chi connectivity index (χ0) is 25.3. The van der Waals surface area contributed by atoms with Gasteiger partial charge in [-0.15, -0.1) is 0 Å². The number of carbonyl (C=O) groups is 4. The Morgan fingerprint density at radius 2 is 1.76 bits per heavy atom. The summed E-state index contributed by atoms with van der Waals surface area (Å²) < 4.78 is 0. The van der Waals surface area contributed by atoms with Crippen molar-refractivity contribution in [1.82, 2.24) is 25.9 Å². The third-order valence-corrected chi connectivity index (χ3v) is 4.83. The first-order valence-corrected chi connectivity index (χ1v) is 10.4. The molecule has 0 fully saturated rings. The number of nitrogens with zero attached hydrogens (tertiary/aromatic N) is 1. The van der Waals surface area contributed by atoms with Crippen LogP contribution in [0.1, 0.15) is 18.2 Å². The molecule has 2 rings (SSSR count). The largest absolute Gasteiger partial charge is 0.508 e. The Labute approximate surface area is 194 Å². The topological polar surface area (TPSA) is 220 Å². The highest BCUT2D eigenvalue weighted by Gasteiger charge is 2.30. The van der Waals surface area contributed by atoms with Gasteiger partial charge in [-0.3, -0.25) is 14.4 Å². The molecular formula is C21H28N6O7. The average Bonchev–Trinajstić information content (AvgIpc) is 3.29. The fourth-order valence-corrected chi connectivity index (χ4v) is 2.98. The Morgan fingerprint density at radius 1 is 1.09 bits per heavy atom. The summed E-state index contributed by atoms with van der Waals surface area (Å²) in [6, 6.07) is 2.00. The van der Waals surface area contributed by atoms with Crippen molar-refractivity contribution in [3.63, 3.8) is 0 Å². The second-order valence-corrected chi connectivity index (χ2v) is 7.66. The quantitative estimate of drug-likeness (QED) is 0.166. The number of hydrogen-bond donors (Lipinski definition) is 8. The minimum absolute atomic E-state index is 0.00546. The standard InChI is InChI=1S/C21H28N6O7/c1-11(28)18(20(32)26-16(21(33)34)6-12-2-4-14(29)5-3-12)27-17(30)9-24-19(31)15(22)7-13-8-23-10-25-13/h2-5,8,10-11,15-16,18,28-29H,6-7,9,22H2,1H3,(H,23,25)(H,24,31)(H,26,32)(H,27,30)(H,33,34). The van der Waals surface area contributed by atoms with E-state index < -0.39 is 54.5 Å². The number of aliphatic carboxylic acids is 1. The van der Waals surface area contributed by atoms with Crippen LogP contribution < -0.4 is 21.7 Å². The molecule has 0 bridgehead atoms. The molecule has 13 heteroatoms. The summed E-state index contributed by atoms with van der Waals surface area (Å²) in [5.41, 5.74) is 6.96. The Morgan fingerprint density at radius 3 is 2.32 bits per heavy atom. The number of nitrogens with two attached hydrogens (primary N) is 1. The molecule has 2 aromatic rings. The summed E-state index contributed by atoms with van der Waals surface area (Å²) in [4.78, 5) is 55.1. The number of benzene rings is 1. The van der Waals surface area contributed by atoms with E-state index in [9.17, 15) is 34.5 Å². The van der Waals surface area contributed by atoms with Crippen LogP contribution in [0.2, 0.25) is 0 Å². The second-order valence-electron chi connectivity index (χ2n) is 7.66. The van der Waals surface area contributed by atoms with Gasteiger partial charge in [-0.05, 0) is 24.6 Å². The van der Waals surface area contributed by atoms with Gasteiger partial charge in [0.2, 0.25) is 17.7 Å². The average molecular weight is 476 g/mol. The summed E-state index contributed by atoms with van der Waals surface area (Å²) in [7, 11) is 0. The lowest BCUT2D eigenvalue weighted by atomic mass is 10.0. The van der Waals surface area contributed by atoms with Crippen LogP contribution in [0, 0.1) is 0 Å². The number of H-pyrrole nitrogens is 1. The Balaban J connectivity index is 1.90. The summed E-state index contributed by atoms with van der Waals surface area (Å²) in [5, 5.41) is 35.6. The highest BCUT2D eigenvalue weighted by molar-refractivity contribution is 5.92. The highest BCUT2D eigenvalue weighted by atomic mass is 16.4. The van der Waals surface area contributed by atoms with Crippen LogP contribution in [-0.4, -0.2) is 79.8 Å². The van der Waals surface area contributed by atoms with Crippen molar-refractivity contribution < 1.29 is 34.5 Å². The molecule has 3 amide bonds. The number of carbonyl (C=O) groups excluding carboxylic acids is 3. The molecule has 1 heterocycles. The molecule has 0 aliphatic heterocycles. The first-order valence-electron chi connectivity index (χ1n) is 10.4. The lowest BCUT2D eigenvalue weighted by Crippen LogP contribution is -2.57. The van der Waals surface area contributed by atoms with Crippen molar-refractivity contribution in [3.8, 4) is 5.75 Å². The smallest absolute Gasteiger partial charge is 0.326 e. The third-order valence-electron chi connectivity index (χ3n) is 4.83. The maximum Gasteiger partial charge on any atom is 0.326 e. The molecule has 4 unspecified atom stereocenters. The Bertz CT molecular complexity index is 978. The van der Waals surface area contributed by atoms with E-state index in [0.717, 1.165) is 0 Å². The van der Waals surface area contributed by atoms with Crippen molar-refractivity contribution in [2.45, 2.75) is 44.0 Å². The van der Waals surface area contributed by atoms with Gasteiger partial charge in [-0.2, -0.15) is 0 Å². The van der Waals surface area contributed by atoms with Gasteiger partial charge in [-0.1, -0.05) is 12.1 Å². The Kier molecular flexibility index (Phi) is 9.52. The predicted octanol–water partition coefficient (Wildman–Crippen LogP) is -2.22. The second kappa shape index (κ2) is 12.3. The van der Waals surface area contributed by atoms with Crippen LogP contribution in [0.4, 0.5) is 0 Å². The van der Waals surface area contributed by atoms with Crippen LogP contribution in [0.25, 0.3) is 0 Å². The summed E-state index contributed by atoms with van der Waals surface area (Å²) >= 11 is 0. The fraction of sp³-hybridized carbons (Fsp3) is 0.381. The minimum atomic E-state index is -1.47. The maximum atomic E-state index is 12.6. The van der Waals surface area contributed by atoms with Crippen molar-refractivity contribution in [2.75, 3.05) is 6.54 Å². The van der Waals surface area contributed by atoms with Crippen molar-refractivity contribution >= 4 is 23.7 Å². The van der Waals surface area contributed by atoms with Crippen molar-refractivity contribution in [3.05, 3.63) is 48.0 Å². The molecule has 13 nitrogen and oxygen atoms in total. The van der Waals surface area contributed by atoms with E-state index in [1.54, 1.807) is 0 Å². The van der Waals surface area contributed by atoms with E-state index in [0.29, 0.717) is 11.3 Å². The van der Waals surface area contributed by atoms with Crippen LogP contribution in [-0.2, 0) is 32.0 Å². The first-order chi connectivity index (χ1) is 16.1. The van der Waals surface area contributed by atoms with Crippen molar-refractivity contribution in [1.29, 1.82) is 0 Å². The fourth-order valence-electron chi connectivity index (χ4n) is 2.98. The summed E-state index contributed by atoms with van der Waals surface area (Å²) in [6.07, 6.45) is 1.67. The number of aromatic nitrogens is 2. The molecule has 0 aliphatic rings. The number of nitrogens with one attached hydrogen (secondary N) is 4. The number of carboxylic acids is 1. The Hall–Kier alpha value is -3.97. The molecule has 0 radical (unpaired) electrons. The van der Waals surface area contributed by atoms with Crippen LogP contribution in [0.3, 0.4) is 0 Å². The first kappa shape index (κ1) is 26.3. The molecule has 34 heavy (non-hydrogen) atoms. The lowest BCUT2D eigenvalue weighted by molar-refractivity contribution is -0.142. The SMILES string of the molecule is CC(O)C(NC(=O)CNC(=O)C(N)Cc1cnc[nH]1)C(=O)NC(Cc1ccc(O)cc1)C(=O)O. The van der Waals surface area contributed by atoms with E-state index in [2.05, 4.69) is 25.9 Å². The van der Waals surface area contributed by atoms with Crippen molar-refractivity contribution in [2.24, 2.45) is 5.73 Å². The van der Waals surface area contributed by atoms with Gasteiger partial charge in [0.1, 0.15) is 17.8 Å². The van der Waals surface area contributed by atoms with Gasteiger partial charge in [0.25, 0.3) is 0 Å². The van der Waals surface area contributed by atoms with Gasteiger partial charge in [0, 0.05) is 24.7 Å². The number of amides is 3. The lowest BCUT2D eigenvalue weighted by Gasteiger charge is -2.23. The maximum absolute atomic E-state index is 12.6. The zero-order valence-electron chi connectivity index (χ0n) is 18.4. The van der Waals surface area contributed by atoms with E-state index in [4.69, 9.17) is 5.73 Å². The van der Waals surface area contributed by atoms with Gasteiger partial charge < -0.3 is 42.0 Å². The van der Waals surface area contributed by atoms with E-state index in [1.165, 1.54) is 43.7 Å². The number of hydrogen-bond acceptors (Lipinski definition) is 8. The monoisotopic (exact) mass is 476 g/mol. The summed E-state index contributed by atoms with van der Waals surface area (Å²) in [5.74, 6) is -3.63. The zero-order valence-corrected chi connectivity index (χ0v) is 18.4. The third kappa shape index (κ3) is 8.18. The number of phenolic OH excluding ortho intramolecular Hbond substituents is 1. The highest BCUT2D eigenvalue weighted by Crippen LogP contribution is 2.11. The van der Waals surface area contributed by atoms with Crippen LogP contribution in [0.5, 0.6) is 5.75 Å². The predicted molar refractivity (Wildman–Crippen MR) is 118 cm³/mol. The number of carboxylic acid groups (broad SMARTS) is 1. The number of aromatic hydroxyl groups is 1. The molecule has 184 valence electrons. The van der Waals surface area contributed by atoms with Crippen LogP contribution >= 0.6 is 0 Å². The molecule has 1 aromatic carbocycles. The van der Waals surface area contributed by atoms with Gasteiger partial charge in [-0.25, -0.2) is 9.78 Å². The summed E-state index contributed by atoms with van der Waals surface area (Å²) in [6.45, 7) is 0.737. The molecule has 0 aliphatic carbocycles. The molecule has 1 aromatic heterocycles. The molecule has 0 saturated heterocycles. The van der Waals surface area contributed by atoms with E-state index in [-0.39, 0.29) is 18.6 Å². The number of phenols is 1. The molecule has 0 saturated carbocycles. The number of aliphatic hydroxyl groups is 1.